The molecule has 0 heterocycles. The molecule has 0 spiro atoms. The van der Waals surface area contributed by atoms with Gasteiger partial charge in [-0.15, -0.1) is 0 Å². The maximum atomic E-state index is 9.12. The predicted molar refractivity (Wildman–Crippen MR) is 74.1 cm³/mol. The van der Waals surface area contributed by atoms with E-state index in [1.54, 1.807) is 0 Å². The molecule has 2 aliphatic rings. The Kier molecular flexibility index (Phi) is 4.74. The Bertz CT molecular complexity index is 279. The molecule has 0 saturated heterocycles. The lowest BCUT2D eigenvalue weighted by Crippen LogP contribution is -2.29. The Morgan fingerprint density at radius 2 is 2.12 bits per heavy atom. The van der Waals surface area contributed by atoms with Crippen molar-refractivity contribution in [3.63, 3.8) is 0 Å². The van der Waals surface area contributed by atoms with Crippen LogP contribution >= 0.6 is 11.8 Å². The molecule has 3 nitrogen and oxygen atoms in total. The molecular formula is C13H24N2OS. The highest BCUT2D eigenvalue weighted by atomic mass is 32.2. The van der Waals surface area contributed by atoms with E-state index in [-0.39, 0.29) is 0 Å². The molecule has 0 aromatic heterocycles. The summed E-state index contributed by atoms with van der Waals surface area (Å²) in [6, 6.07) is 0. The van der Waals surface area contributed by atoms with Crippen LogP contribution in [0.3, 0.4) is 0 Å². The second-order valence-corrected chi connectivity index (χ2v) is 6.36. The summed E-state index contributed by atoms with van der Waals surface area (Å²) in [6.07, 6.45) is 3.85. The average Bonchev–Trinajstić information content (AvgIpc) is 2.95. The minimum absolute atomic E-state index is 0.509. The van der Waals surface area contributed by atoms with Gasteiger partial charge in [-0.05, 0) is 38.3 Å². The lowest BCUT2D eigenvalue weighted by molar-refractivity contribution is 0.313. The van der Waals surface area contributed by atoms with Gasteiger partial charge in [-0.1, -0.05) is 19.0 Å². The van der Waals surface area contributed by atoms with Gasteiger partial charge in [0.05, 0.1) is 5.71 Å². The van der Waals surface area contributed by atoms with E-state index in [4.69, 9.17) is 5.21 Å². The minimum atomic E-state index is 0.509. The maximum absolute atomic E-state index is 9.12. The summed E-state index contributed by atoms with van der Waals surface area (Å²) in [5.41, 5.74) is 1.09. The first-order chi connectivity index (χ1) is 8.30. The van der Waals surface area contributed by atoms with E-state index >= 15 is 0 Å². The van der Waals surface area contributed by atoms with Crippen LogP contribution in [0.15, 0.2) is 5.16 Å². The molecule has 0 radical (unpaired) electrons. The summed E-state index contributed by atoms with van der Waals surface area (Å²) in [4.78, 5) is 2.45. The molecule has 17 heavy (non-hydrogen) atoms. The minimum Gasteiger partial charge on any atom is -0.411 e. The van der Waals surface area contributed by atoms with E-state index in [0.717, 1.165) is 37.0 Å². The number of fused-ring (bicyclic) bond motifs is 2. The fourth-order valence-corrected chi connectivity index (χ4v) is 4.79. The van der Waals surface area contributed by atoms with Crippen molar-refractivity contribution >= 4 is 17.5 Å². The van der Waals surface area contributed by atoms with Gasteiger partial charge in [0.15, 0.2) is 0 Å². The maximum Gasteiger partial charge on any atom is 0.0734 e. The molecule has 2 fully saturated rings. The van der Waals surface area contributed by atoms with Gasteiger partial charge in [0.25, 0.3) is 0 Å². The van der Waals surface area contributed by atoms with Crippen LogP contribution in [0.4, 0.5) is 0 Å². The van der Waals surface area contributed by atoms with Gasteiger partial charge in [0, 0.05) is 23.5 Å². The fraction of sp³-hybridized carbons (Fsp3) is 0.923. The largest absolute Gasteiger partial charge is 0.411 e. The molecule has 2 aliphatic carbocycles. The number of hydrogen-bond acceptors (Lipinski definition) is 4. The van der Waals surface area contributed by atoms with Crippen molar-refractivity contribution in [1.29, 1.82) is 0 Å². The monoisotopic (exact) mass is 256 g/mol. The Labute approximate surface area is 109 Å². The molecule has 2 saturated carbocycles. The first-order valence-corrected chi connectivity index (χ1v) is 7.90. The Morgan fingerprint density at radius 1 is 1.35 bits per heavy atom. The zero-order valence-corrected chi connectivity index (χ0v) is 11.7. The number of hydrogen-bond donors (Lipinski definition) is 1. The predicted octanol–water partition coefficient (Wildman–Crippen LogP) is 2.69. The van der Waals surface area contributed by atoms with Gasteiger partial charge < -0.3 is 10.1 Å². The summed E-state index contributed by atoms with van der Waals surface area (Å²) >= 11 is 2.01. The number of oxime groups is 1. The van der Waals surface area contributed by atoms with E-state index in [1.165, 1.54) is 19.3 Å². The van der Waals surface area contributed by atoms with Crippen LogP contribution in [0, 0.1) is 11.8 Å². The van der Waals surface area contributed by atoms with Crippen LogP contribution in [0.25, 0.3) is 0 Å². The van der Waals surface area contributed by atoms with Crippen molar-refractivity contribution in [2.75, 3.05) is 25.4 Å². The molecule has 2 bridgehead atoms. The number of thioether (sulfide) groups is 1. The Morgan fingerprint density at radius 3 is 2.76 bits per heavy atom. The SMILES string of the molecule is CCN(CC)CCS[C@H]1/C(=N/O)[C@H]2CC[C@@H]1C2. The molecule has 0 aromatic carbocycles. The second-order valence-electron chi connectivity index (χ2n) is 5.11. The van der Waals surface area contributed by atoms with Gasteiger partial charge in [0.1, 0.15) is 0 Å². The van der Waals surface area contributed by atoms with Gasteiger partial charge in [-0.2, -0.15) is 11.8 Å². The Balaban J connectivity index is 1.79. The third-order valence-corrected chi connectivity index (χ3v) is 5.73. The summed E-state index contributed by atoms with van der Waals surface area (Å²) in [7, 11) is 0. The zero-order valence-electron chi connectivity index (χ0n) is 10.9. The highest BCUT2D eigenvalue weighted by molar-refractivity contribution is 8.00. The van der Waals surface area contributed by atoms with E-state index in [1.807, 2.05) is 11.8 Å². The molecule has 0 unspecified atom stereocenters. The first kappa shape index (κ1) is 13.2. The second kappa shape index (κ2) is 6.10. The van der Waals surface area contributed by atoms with Gasteiger partial charge in [-0.25, -0.2) is 0 Å². The molecule has 0 amide bonds. The van der Waals surface area contributed by atoms with Crippen LogP contribution in [0.5, 0.6) is 0 Å². The van der Waals surface area contributed by atoms with E-state index in [9.17, 15) is 0 Å². The summed E-state index contributed by atoms with van der Waals surface area (Å²) < 4.78 is 0. The molecule has 98 valence electrons. The topological polar surface area (TPSA) is 35.8 Å². The smallest absolute Gasteiger partial charge is 0.0734 e. The lowest BCUT2D eigenvalue weighted by Gasteiger charge is -2.24. The summed E-state index contributed by atoms with van der Waals surface area (Å²) in [5, 5.41) is 13.2. The normalized spacial score (nSPS) is 34.1. The molecule has 0 aromatic rings. The van der Waals surface area contributed by atoms with Crippen LogP contribution in [0.1, 0.15) is 33.1 Å². The fourth-order valence-electron chi connectivity index (χ4n) is 3.24. The van der Waals surface area contributed by atoms with Gasteiger partial charge in [0.2, 0.25) is 0 Å². The number of rotatable bonds is 6. The van der Waals surface area contributed by atoms with Crippen molar-refractivity contribution in [1.82, 2.24) is 4.90 Å². The van der Waals surface area contributed by atoms with Crippen LogP contribution < -0.4 is 0 Å². The van der Waals surface area contributed by atoms with Crippen LogP contribution in [-0.2, 0) is 0 Å². The molecule has 3 atom stereocenters. The van der Waals surface area contributed by atoms with E-state index in [0.29, 0.717) is 11.2 Å². The standard InChI is InChI=1S/C13H24N2OS/c1-3-15(4-2)7-8-17-13-11-6-5-10(9-11)12(13)14-16/h10-11,13,16H,3-9H2,1-2H3/b14-12+/t10-,11+,13+/m0/s1. The van der Waals surface area contributed by atoms with E-state index in [2.05, 4.69) is 23.9 Å². The summed E-state index contributed by atoms with van der Waals surface area (Å²) in [5.74, 6) is 2.54. The number of nitrogens with zero attached hydrogens (tertiary/aromatic N) is 2. The quantitative estimate of drug-likeness (QED) is 0.586. The van der Waals surface area contributed by atoms with Gasteiger partial charge >= 0.3 is 0 Å². The van der Waals surface area contributed by atoms with Crippen molar-refractivity contribution in [2.45, 2.75) is 38.4 Å². The van der Waals surface area contributed by atoms with Gasteiger partial charge in [-0.3, -0.25) is 0 Å². The average molecular weight is 256 g/mol. The highest BCUT2D eigenvalue weighted by Crippen LogP contribution is 2.47. The third kappa shape index (κ3) is 2.79. The molecule has 2 rings (SSSR count). The van der Waals surface area contributed by atoms with Crippen molar-refractivity contribution in [3.05, 3.63) is 0 Å². The molecule has 1 N–H and O–H groups in total. The highest BCUT2D eigenvalue weighted by Gasteiger charge is 2.45. The van der Waals surface area contributed by atoms with Crippen LogP contribution in [-0.4, -0.2) is 46.5 Å². The Hall–Kier alpha value is -0.220. The third-order valence-electron chi connectivity index (χ3n) is 4.33. The van der Waals surface area contributed by atoms with Crippen LogP contribution in [0.2, 0.25) is 0 Å². The van der Waals surface area contributed by atoms with Crippen molar-refractivity contribution in [2.24, 2.45) is 17.0 Å². The van der Waals surface area contributed by atoms with Crippen molar-refractivity contribution < 1.29 is 5.21 Å². The first-order valence-electron chi connectivity index (χ1n) is 6.85. The van der Waals surface area contributed by atoms with E-state index < -0.39 is 0 Å². The summed E-state index contributed by atoms with van der Waals surface area (Å²) in [6.45, 7) is 7.85. The molecular weight excluding hydrogens is 232 g/mol. The zero-order chi connectivity index (χ0) is 12.3. The van der Waals surface area contributed by atoms with Crippen molar-refractivity contribution in [3.8, 4) is 0 Å². The molecule has 0 aliphatic heterocycles. The lowest BCUT2D eigenvalue weighted by atomic mass is 9.98. The molecule has 4 heteroatoms.